The van der Waals surface area contributed by atoms with Crippen LogP contribution in [0, 0.1) is 0 Å². The first-order valence-corrected chi connectivity index (χ1v) is 2.85. The highest BCUT2D eigenvalue weighted by atomic mass is 16.5. The van der Waals surface area contributed by atoms with E-state index in [4.69, 9.17) is 5.11 Å². The highest BCUT2D eigenvalue weighted by Crippen LogP contribution is 1.87. The Hall–Kier alpha value is -1.23. The molecule has 0 bridgehead atoms. The Morgan fingerprint density at radius 1 is 1.36 bits per heavy atom. The zero-order valence-electron chi connectivity index (χ0n) is 6.16. The van der Waals surface area contributed by atoms with Crippen LogP contribution >= 0.6 is 0 Å². The van der Waals surface area contributed by atoms with Gasteiger partial charge in [0.1, 0.15) is 6.10 Å². The van der Waals surface area contributed by atoms with Gasteiger partial charge in [0.25, 0.3) is 0 Å². The van der Waals surface area contributed by atoms with E-state index in [-0.39, 0.29) is 0 Å². The molecule has 0 radical (unpaired) electrons. The Balaban J connectivity index is 4.26. The van der Waals surface area contributed by atoms with Gasteiger partial charge >= 0.3 is 11.8 Å². The summed E-state index contributed by atoms with van der Waals surface area (Å²) in [6, 6.07) is 0. The van der Waals surface area contributed by atoms with Crippen LogP contribution in [0.5, 0.6) is 0 Å². The molecule has 11 heavy (non-hydrogen) atoms. The summed E-state index contributed by atoms with van der Waals surface area (Å²) < 4.78 is 3.96. The normalized spacial score (nSPS) is 11.9. The second-order valence-electron chi connectivity index (χ2n) is 1.86. The summed E-state index contributed by atoms with van der Waals surface area (Å²) in [7, 11) is 0.982. The van der Waals surface area contributed by atoms with Crippen molar-refractivity contribution in [2.45, 2.75) is 13.0 Å². The van der Waals surface area contributed by atoms with Crippen molar-refractivity contribution in [3.8, 4) is 0 Å². The fourth-order valence-electron chi connectivity index (χ4n) is 0.383. The van der Waals surface area contributed by atoms with Gasteiger partial charge in [0, 0.05) is 0 Å². The molecule has 1 unspecified atom stereocenters. The molecule has 0 saturated carbocycles. The summed E-state index contributed by atoms with van der Waals surface area (Å²) in [5.41, 5.74) is 0. The number of ether oxygens (including phenoxy) is 1. The number of rotatable bonds is 3. The Kier molecular flexibility index (Phi) is 3.39. The molecule has 0 heterocycles. The van der Waals surface area contributed by atoms with Crippen LogP contribution < -0.4 is 0 Å². The molecule has 0 aromatic heterocycles. The molecule has 62 valence electrons. The summed E-state index contributed by atoms with van der Waals surface area (Å²) in [4.78, 5) is 31.4. The molecular formula is C6H8O5. The van der Waals surface area contributed by atoms with Crippen molar-refractivity contribution >= 4 is 17.5 Å². The predicted octanol–water partition coefficient (Wildman–Crippen LogP) is -1.32. The van der Waals surface area contributed by atoms with Gasteiger partial charge in [-0.3, -0.25) is 9.59 Å². The maximum Gasteiger partial charge on any atom is 0.382 e. The van der Waals surface area contributed by atoms with E-state index in [1.807, 2.05) is 0 Å². The van der Waals surface area contributed by atoms with E-state index in [9.17, 15) is 14.4 Å². The predicted molar refractivity (Wildman–Crippen MR) is 33.7 cm³/mol. The topological polar surface area (TPSA) is 80.7 Å². The first-order valence-electron chi connectivity index (χ1n) is 2.85. The average Bonchev–Trinajstić information content (AvgIpc) is 2.00. The molecule has 0 fully saturated rings. The van der Waals surface area contributed by atoms with Gasteiger partial charge in [-0.2, -0.15) is 0 Å². The van der Waals surface area contributed by atoms with Crippen LogP contribution in [0.25, 0.3) is 0 Å². The van der Waals surface area contributed by atoms with Crippen molar-refractivity contribution in [1.82, 2.24) is 0 Å². The number of hydrogen-bond donors (Lipinski definition) is 1. The summed E-state index contributed by atoms with van der Waals surface area (Å²) in [5, 5.41) is 8.56. The lowest BCUT2D eigenvalue weighted by Gasteiger charge is -1.99. The van der Waals surface area contributed by atoms with Gasteiger partial charge in [-0.05, 0) is 6.92 Å². The minimum absolute atomic E-state index is 0.982. The van der Waals surface area contributed by atoms with Crippen LogP contribution in [0.3, 0.4) is 0 Å². The molecule has 0 aromatic carbocycles. The number of ketones is 2. The zero-order valence-corrected chi connectivity index (χ0v) is 6.16. The van der Waals surface area contributed by atoms with Gasteiger partial charge in [-0.1, -0.05) is 0 Å². The van der Waals surface area contributed by atoms with Gasteiger partial charge in [0.05, 0.1) is 7.11 Å². The first kappa shape index (κ1) is 9.77. The van der Waals surface area contributed by atoms with Crippen molar-refractivity contribution in [2.75, 3.05) is 7.11 Å². The van der Waals surface area contributed by atoms with E-state index in [0.29, 0.717) is 0 Å². The van der Waals surface area contributed by atoms with Gasteiger partial charge < -0.3 is 9.84 Å². The standard InChI is InChI=1S/C6H8O5/c1-3(7)4(8)5(9)6(10)11-2/h3,7H,1-2H3. The summed E-state index contributed by atoms with van der Waals surface area (Å²) in [6.07, 6.45) is -1.46. The van der Waals surface area contributed by atoms with Crippen LogP contribution in [0.15, 0.2) is 0 Å². The maximum absolute atomic E-state index is 10.5. The van der Waals surface area contributed by atoms with Crippen LogP contribution in [-0.4, -0.2) is 35.9 Å². The lowest BCUT2D eigenvalue weighted by atomic mass is 10.2. The molecule has 0 rings (SSSR count). The molecule has 5 nitrogen and oxygen atoms in total. The maximum atomic E-state index is 10.5. The minimum atomic E-state index is -1.46. The quantitative estimate of drug-likeness (QED) is 0.314. The molecule has 0 aliphatic rings. The van der Waals surface area contributed by atoms with Crippen LogP contribution in [0.1, 0.15) is 6.92 Å². The van der Waals surface area contributed by atoms with Crippen LogP contribution in [0.4, 0.5) is 0 Å². The second-order valence-corrected chi connectivity index (χ2v) is 1.86. The molecule has 0 spiro atoms. The van der Waals surface area contributed by atoms with E-state index < -0.39 is 23.6 Å². The minimum Gasteiger partial charge on any atom is -0.463 e. The summed E-state index contributed by atoms with van der Waals surface area (Å²) >= 11 is 0. The number of aliphatic hydroxyl groups excluding tert-OH is 1. The molecular weight excluding hydrogens is 152 g/mol. The van der Waals surface area contributed by atoms with Crippen molar-refractivity contribution in [2.24, 2.45) is 0 Å². The van der Waals surface area contributed by atoms with E-state index in [1.165, 1.54) is 0 Å². The highest BCUT2D eigenvalue weighted by molar-refractivity contribution is 6.62. The zero-order chi connectivity index (χ0) is 9.02. The Morgan fingerprint density at radius 3 is 2.09 bits per heavy atom. The fraction of sp³-hybridized carbons (Fsp3) is 0.500. The SMILES string of the molecule is COC(=O)C(=O)C(=O)C(C)O. The third-order valence-corrected chi connectivity index (χ3v) is 0.974. The largest absolute Gasteiger partial charge is 0.463 e. The van der Waals surface area contributed by atoms with E-state index in [0.717, 1.165) is 14.0 Å². The number of methoxy groups -OCH3 is 1. The summed E-state index contributed by atoms with van der Waals surface area (Å²) in [6.45, 7) is 1.10. The van der Waals surface area contributed by atoms with E-state index in [1.54, 1.807) is 0 Å². The van der Waals surface area contributed by atoms with Crippen molar-refractivity contribution in [3.05, 3.63) is 0 Å². The molecule has 0 aliphatic heterocycles. The Bertz CT molecular complexity index is 193. The molecule has 0 aliphatic carbocycles. The van der Waals surface area contributed by atoms with Gasteiger partial charge in [-0.15, -0.1) is 0 Å². The number of esters is 1. The third kappa shape index (κ3) is 2.46. The van der Waals surface area contributed by atoms with Crippen LogP contribution in [0.2, 0.25) is 0 Å². The number of carbonyl (C=O) groups is 3. The molecule has 0 saturated heterocycles. The molecule has 5 heteroatoms. The second kappa shape index (κ2) is 3.82. The molecule has 0 amide bonds. The molecule has 1 atom stereocenters. The van der Waals surface area contributed by atoms with Crippen LogP contribution in [-0.2, 0) is 19.1 Å². The number of aliphatic hydroxyl groups is 1. The fourth-order valence-corrected chi connectivity index (χ4v) is 0.383. The van der Waals surface area contributed by atoms with Gasteiger partial charge in [0.15, 0.2) is 0 Å². The lowest BCUT2D eigenvalue weighted by Crippen LogP contribution is -2.32. The van der Waals surface area contributed by atoms with Crippen molar-refractivity contribution < 1.29 is 24.2 Å². The Morgan fingerprint density at radius 2 is 1.82 bits per heavy atom. The van der Waals surface area contributed by atoms with Gasteiger partial charge in [-0.25, -0.2) is 4.79 Å². The Labute approximate surface area is 63.0 Å². The van der Waals surface area contributed by atoms with Crippen molar-refractivity contribution in [3.63, 3.8) is 0 Å². The number of Topliss-reactive ketones (excluding diaryl/α,β-unsaturated/α-hetero) is 2. The number of carbonyl (C=O) groups excluding carboxylic acids is 3. The third-order valence-electron chi connectivity index (χ3n) is 0.974. The highest BCUT2D eigenvalue weighted by Gasteiger charge is 2.26. The summed E-state index contributed by atoms with van der Waals surface area (Å²) in [5.74, 6) is -3.74. The average molecular weight is 160 g/mol. The smallest absolute Gasteiger partial charge is 0.382 e. The van der Waals surface area contributed by atoms with Gasteiger partial charge in [0.2, 0.25) is 5.78 Å². The van der Waals surface area contributed by atoms with E-state index >= 15 is 0 Å². The molecule has 0 aromatic rings. The molecule has 1 N–H and O–H groups in total. The van der Waals surface area contributed by atoms with E-state index in [2.05, 4.69) is 4.74 Å². The van der Waals surface area contributed by atoms with Crippen molar-refractivity contribution in [1.29, 1.82) is 0 Å². The number of hydrogen-bond acceptors (Lipinski definition) is 5. The lowest BCUT2D eigenvalue weighted by molar-refractivity contribution is -0.156. The first-order chi connectivity index (χ1) is 5.00. The monoisotopic (exact) mass is 160 g/mol.